The monoisotopic (exact) mass is 820 g/mol. The molecule has 9 nitrogen and oxygen atoms in total. The molecule has 56 heavy (non-hydrogen) atoms. The molecule has 0 radical (unpaired) electrons. The molecule has 2 N–H and O–H groups in total. The third-order valence-electron chi connectivity index (χ3n) is 10.2. The van der Waals surface area contributed by atoms with E-state index < -0.39 is 44.3 Å². The lowest BCUT2D eigenvalue weighted by Crippen LogP contribution is -2.33. The molecular weight excluding hydrogens is 773 g/mol. The van der Waals surface area contributed by atoms with E-state index in [4.69, 9.17) is 0 Å². The Labute approximate surface area is 320 Å². The van der Waals surface area contributed by atoms with Crippen LogP contribution < -0.4 is 10.0 Å². The summed E-state index contributed by atoms with van der Waals surface area (Å²) in [5, 5.41) is 2.60. The van der Waals surface area contributed by atoms with Gasteiger partial charge in [0.25, 0.3) is 0 Å². The number of amides is 1. The summed E-state index contributed by atoms with van der Waals surface area (Å²) in [7, 11) is -3.69. The number of hydrogen-bond acceptors (Lipinski definition) is 5. The maximum absolute atomic E-state index is 14.2. The molecule has 2 aliphatic rings. The van der Waals surface area contributed by atoms with E-state index in [-0.39, 0.29) is 86.4 Å². The van der Waals surface area contributed by atoms with Gasteiger partial charge in [-0.05, 0) is 94.7 Å². The molecule has 18 heteroatoms. The van der Waals surface area contributed by atoms with Crippen molar-refractivity contribution in [3.63, 3.8) is 0 Å². The summed E-state index contributed by atoms with van der Waals surface area (Å²) in [5.74, 6) is -13.1. The van der Waals surface area contributed by atoms with Crippen molar-refractivity contribution in [2.24, 2.45) is 11.8 Å². The molecule has 2 saturated carbocycles. The minimum atomic E-state index is -3.69. The quantitative estimate of drug-likeness (QED) is 0.163. The largest absolute Gasteiger partial charge is 0.326 e. The van der Waals surface area contributed by atoms with E-state index in [2.05, 4.69) is 20.0 Å². The van der Waals surface area contributed by atoms with E-state index >= 15 is 0 Å². The number of alkyl halides is 8. The third-order valence-corrected chi connectivity index (χ3v) is 12.3. The van der Waals surface area contributed by atoms with E-state index in [1.54, 1.807) is 32.9 Å². The number of fused-ring (bicyclic) bond motifs is 2. The lowest BCUT2D eigenvalue weighted by molar-refractivity contribution is -0.114. The zero-order chi connectivity index (χ0) is 41.6. The Morgan fingerprint density at radius 2 is 1.09 bits per heavy atom. The fourth-order valence-electron chi connectivity index (χ4n) is 7.03. The van der Waals surface area contributed by atoms with Gasteiger partial charge in [-0.2, -0.15) is 17.6 Å². The second-order valence-electron chi connectivity index (χ2n) is 16.3. The summed E-state index contributed by atoms with van der Waals surface area (Å²) >= 11 is 0. The highest BCUT2D eigenvalue weighted by atomic mass is 32.2. The Balaban J connectivity index is 0.000000216. The number of sulfonamides is 1. The smallest absolute Gasteiger partial charge is 0.302 e. The number of carbonyl (C=O) groups excluding carboxylic acids is 1. The van der Waals surface area contributed by atoms with E-state index in [1.807, 2.05) is 0 Å². The number of benzene rings is 2. The molecule has 0 saturated heterocycles. The molecule has 0 atom stereocenters. The number of aromatic nitrogens is 4. The molecule has 6 rings (SSSR count). The van der Waals surface area contributed by atoms with Gasteiger partial charge in [-0.1, -0.05) is 0 Å². The van der Waals surface area contributed by atoms with Crippen molar-refractivity contribution >= 4 is 49.4 Å². The van der Waals surface area contributed by atoms with Crippen molar-refractivity contribution in [1.82, 2.24) is 19.1 Å². The van der Waals surface area contributed by atoms with Crippen molar-refractivity contribution < 1.29 is 48.3 Å². The lowest BCUT2D eigenvalue weighted by atomic mass is 9.86. The molecule has 310 valence electrons. The van der Waals surface area contributed by atoms with Gasteiger partial charge in [0.15, 0.2) is 11.6 Å². The molecule has 1 amide bonds. The fourth-order valence-corrected chi connectivity index (χ4v) is 7.78. The fraction of sp³-hybridized carbons (Fsp3) is 0.605. The lowest BCUT2D eigenvalue weighted by Gasteiger charge is -2.29. The zero-order valence-corrected chi connectivity index (χ0v) is 33.0. The number of anilines is 2. The van der Waals surface area contributed by atoms with Crippen LogP contribution in [0.1, 0.15) is 105 Å². The van der Waals surface area contributed by atoms with Crippen LogP contribution in [-0.2, 0) is 39.8 Å². The van der Waals surface area contributed by atoms with Gasteiger partial charge in [0.2, 0.25) is 27.8 Å². The number of carbonyl (C=O) groups is 1. The summed E-state index contributed by atoms with van der Waals surface area (Å²) in [4.78, 5) is 19.3. The summed E-state index contributed by atoms with van der Waals surface area (Å²) in [6.07, 6.45) is 0.178. The summed E-state index contributed by atoms with van der Waals surface area (Å²) in [5.41, 5.74) is 2.19. The first-order valence-corrected chi connectivity index (χ1v) is 20.0. The molecule has 2 aromatic heterocycles. The Morgan fingerprint density at radius 3 is 1.45 bits per heavy atom. The van der Waals surface area contributed by atoms with E-state index in [9.17, 15) is 48.3 Å². The van der Waals surface area contributed by atoms with Crippen molar-refractivity contribution in [3.8, 4) is 0 Å². The van der Waals surface area contributed by atoms with Crippen LogP contribution in [0.15, 0.2) is 36.4 Å². The Bertz CT molecular complexity index is 2150. The normalized spacial score (nSPS) is 18.5. The van der Waals surface area contributed by atoms with E-state index in [1.165, 1.54) is 40.3 Å². The average molecular weight is 821 g/mol. The maximum Gasteiger partial charge on any atom is 0.302 e. The molecule has 0 spiro atoms. The van der Waals surface area contributed by atoms with Crippen LogP contribution >= 0.6 is 0 Å². The van der Waals surface area contributed by atoms with Gasteiger partial charge in [0.1, 0.15) is 0 Å². The van der Waals surface area contributed by atoms with Gasteiger partial charge in [0, 0.05) is 65.2 Å². The van der Waals surface area contributed by atoms with E-state index in [0.29, 0.717) is 35.1 Å². The number of halogens is 8. The van der Waals surface area contributed by atoms with Gasteiger partial charge in [0.05, 0.1) is 32.5 Å². The van der Waals surface area contributed by atoms with Crippen LogP contribution in [-0.4, -0.2) is 50.0 Å². The van der Waals surface area contributed by atoms with Gasteiger partial charge >= 0.3 is 11.8 Å². The SMILES string of the molecule is CC(=O)Nc1ccc2c(c1)nc(C(C)(F)F)n2CC1CCC(F)(F)CC1.CC(F)(F)c1nc2cc(NS(=O)(=O)C(C)(C)C)ccc2n1CC1CCC(F)(F)CC1. The first-order valence-electron chi connectivity index (χ1n) is 18.5. The van der Waals surface area contributed by atoms with Crippen molar-refractivity contribution in [1.29, 1.82) is 0 Å². The molecule has 0 bridgehead atoms. The molecule has 2 aliphatic carbocycles. The van der Waals surface area contributed by atoms with Gasteiger partial charge in [-0.3, -0.25) is 9.52 Å². The molecule has 0 aliphatic heterocycles. The van der Waals surface area contributed by atoms with E-state index in [0.717, 1.165) is 13.8 Å². The molecular formula is C38H48F8N6O3S. The van der Waals surface area contributed by atoms with Crippen LogP contribution in [0, 0.1) is 11.8 Å². The average Bonchev–Trinajstić information content (AvgIpc) is 3.60. The minimum Gasteiger partial charge on any atom is -0.326 e. The van der Waals surface area contributed by atoms with Gasteiger partial charge in [-0.15, -0.1) is 0 Å². The molecule has 2 aromatic carbocycles. The first kappa shape index (κ1) is 43.2. The van der Waals surface area contributed by atoms with Gasteiger partial charge in [-0.25, -0.2) is 35.9 Å². The second kappa shape index (κ2) is 15.4. The van der Waals surface area contributed by atoms with Crippen LogP contribution in [0.4, 0.5) is 46.5 Å². The first-order chi connectivity index (χ1) is 25.6. The number of nitrogens with one attached hydrogen (secondary N) is 2. The molecule has 0 unspecified atom stereocenters. The Kier molecular flexibility index (Phi) is 11.9. The highest BCUT2D eigenvalue weighted by molar-refractivity contribution is 7.94. The second-order valence-corrected chi connectivity index (χ2v) is 18.7. The summed E-state index contributed by atoms with van der Waals surface area (Å²) in [6, 6.07) is 9.23. The van der Waals surface area contributed by atoms with Crippen LogP contribution in [0.5, 0.6) is 0 Å². The number of hydrogen-bond donors (Lipinski definition) is 2. The summed E-state index contributed by atoms with van der Waals surface area (Å²) in [6.45, 7) is 7.90. The van der Waals surface area contributed by atoms with Crippen LogP contribution in [0.3, 0.4) is 0 Å². The maximum atomic E-state index is 14.2. The predicted molar refractivity (Wildman–Crippen MR) is 199 cm³/mol. The minimum absolute atomic E-state index is 0.0943. The van der Waals surface area contributed by atoms with Crippen LogP contribution in [0.25, 0.3) is 22.1 Å². The number of nitrogens with zero attached hydrogens (tertiary/aromatic N) is 4. The zero-order valence-electron chi connectivity index (χ0n) is 32.1. The Hall–Kier alpha value is -3.96. The molecule has 2 fully saturated rings. The van der Waals surface area contributed by atoms with Crippen molar-refractivity contribution in [2.45, 2.75) is 134 Å². The van der Waals surface area contributed by atoms with Crippen molar-refractivity contribution in [2.75, 3.05) is 10.0 Å². The number of imidazole rings is 2. The van der Waals surface area contributed by atoms with Gasteiger partial charge < -0.3 is 14.5 Å². The Morgan fingerprint density at radius 1 is 0.714 bits per heavy atom. The van der Waals surface area contributed by atoms with Crippen molar-refractivity contribution in [3.05, 3.63) is 48.0 Å². The summed E-state index contributed by atoms with van der Waals surface area (Å²) < 4.78 is 139. The molecule has 2 heterocycles. The highest BCUT2D eigenvalue weighted by Crippen LogP contribution is 2.40. The topological polar surface area (TPSA) is 111 Å². The standard InChI is InChI=1S/C20H27F4N3O2S.C18H21F4N3O/c1-18(2,3)30(28,29)26-14-5-6-16-15(11-14)25-17(19(4,21)22)27(16)12-13-7-9-20(23,24)10-8-13;1-11(26)23-13-3-4-15-14(9-13)24-16(17(2,19)20)25(15)10-12-5-7-18(21,22)8-6-12/h5-6,11,13,26H,7-10,12H2,1-4H3;3-4,9,12H,5-8,10H2,1-2H3,(H,23,26). The highest BCUT2D eigenvalue weighted by Gasteiger charge is 2.39. The molecule has 4 aromatic rings. The number of rotatable bonds is 9. The third kappa shape index (κ3) is 10.3. The predicted octanol–water partition coefficient (Wildman–Crippen LogP) is 10.4. The van der Waals surface area contributed by atoms with Crippen LogP contribution in [0.2, 0.25) is 0 Å².